The lowest BCUT2D eigenvalue weighted by atomic mass is 10.0. The van der Waals surface area contributed by atoms with Crippen LogP contribution in [0.4, 0.5) is 19.0 Å². The van der Waals surface area contributed by atoms with Gasteiger partial charge in [-0.25, -0.2) is 27.5 Å². The number of hydrogen-bond donors (Lipinski definition) is 0. The van der Waals surface area contributed by atoms with Crippen LogP contribution in [-0.2, 0) is 4.79 Å². The topological polar surface area (TPSA) is 84.2 Å². The Morgan fingerprint density at radius 3 is 2.53 bits per heavy atom. The number of aromatic nitrogens is 4. The summed E-state index contributed by atoms with van der Waals surface area (Å²) in [5.74, 6) is -3.08. The van der Waals surface area contributed by atoms with E-state index in [0.717, 1.165) is 12.1 Å². The number of pyridine rings is 2. The van der Waals surface area contributed by atoms with Gasteiger partial charge < -0.3 is 9.80 Å². The lowest BCUT2D eigenvalue weighted by molar-refractivity contribution is -0.126. The second-order valence-electron chi connectivity index (χ2n) is 10.7. The molecule has 1 atom stereocenters. The van der Waals surface area contributed by atoms with Crippen molar-refractivity contribution in [3.05, 3.63) is 82.3 Å². The van der Waals surface area contributed by atoms with Crippen molar-refractivity contribution in [2.24, 2.45) is 0 Å². The molecular weight excluding hydrogens is 577 g/mol. The number of fused-ring (bicyclic) bond motifs is 1. The first-order valence-corrected chi connectivity index (χ1v) is 15.0. The van der Waals surface area contributed by atoms with Crippen molar-refractivity contribution in [1.29, 1.82) is 0 Å². The highest BCUT2D eigenvalue weighted by Gasteiger charge is 2.31. The summed E-state index contributed by atoms with van der Waals surface area (Å²) < 4.78 is 47.5. The highest BCUT2D eigenvalue weighted by Crippen LogP contribution is 2.36. The third-order valence-electron chi connectivity index (χ3n) is 7.61. The maximum atomic E-state index is 15.9. The third-order valence-corrected chi connectivity index (χ3v) is 8.38. The standard InChI is InChI=1S/C31H31F3N6O2S/c1-7-23(41)38-12-13-39(18(5)15-38)29-19-14-21(33)27(24-20(32)9-8-17(4)25(24)34)36-30(19)40(31(42)37-29)28-22(43-6)10-11-35-26(28)16(2)3/h7-11,14,16,18H,1,12-13,15H2,2-6H3/t18-/m0/s1. The predicted molar refractivity (Wildman–Crippen MR) is 162 cm³/mol. The number of thioether (sulfide) groups is 1. The molecular formula is C31H31F3N6O2S. The van der Waals surface area contributed by atoms with Crippen LogP contribution < -0.4 is 10.6 Å². The van der Waals surface area contributed by atoms with E-state index in [4.69, 9.17) is 0 Å². The molecule has 12 heteroatoms. The number of halogens is 3. The molecule has 1 aromatic carbocycles. The summed E-state index contributed by atoms with van der Waals surface area (Å²) in [5, 5.41) is 0.176. The van der Waals surface area contributed by atoms with Gasteiger partial charge in [0.25, 0.3) is 0 Å². The van der Waals surface area contributed by atoms with Crippen molar-refractivity contribution in [3.8, 4) is 16.9 Å². The highest BCUT2D eigenvalue weighted by atomic mass is 32.2. The smallest absolute Gasteiger partial charge is 0.350 e. The SMILES string of the molecule is C=CC(=O)N1CCN(c2nc(=O)n(-c3c(SC)ccnc3C(C)C)c3nc(-c4c(F)ccc(C)c4F)c(F)cc23)[C@@H](C)C1. The summed E-state index contributed by atoms with van der Waals surface area (Å²) in [6.45, 7) is 11.7. The Hall–Kier alpha value is -4.19. The minimum Gasteiger partial charge on any atom is -0.350 e. The van der Waals surface area contributed by atoms with Gasteiger partial charge in [0.15, 0.2) is 11.5 Å². The van der Waals surface area contributed by atoms with Crippen molar-refractivity contribution in [2.45, 2.75) is 44.6 Å². The van der Waals surface area contributed by atoms with Gasteiger partial charge in [-0.1, -0.05) is 26.5 Å². The van der Waals surface area contributed by atoms with Gasteiger partial charge in [-0.05, 0) is 55.9 Å². The summed E-state index contributed by atoms with van der Waals surface area (Å²) in [5.41, 5.74) is -0.800. The molecule has 0 unspecified atom stereocenters. The Kier molecular flexibility index (Phi) is 8.33. The van der Waals surface area contributed by atoms with Crippen molar-refractivity contribution >= 4 is 34.5 Å². The average molecular weight is 609 g/mol. The Morgan fingerprint density at radius 2 is 1.88 bits per heavy atom. The quantitative estimate of drug-likeness (QED) is 0.207. The van der Waals surface area contributed by atoms with E-state index in [9.17, 15) is 9.59 Å². The zero-order valence-corrected chi connectivity index (χ0v) is 25.3. The number of benzene rings is 1. The number of amides is 1. The lowest BCUT2D eigenvalue weighted by Gasteiger charge is -2.40. The van der Waals surface area contributed by atoms with Gasteiger partial charge in [-0.2, -0.15) is 4.98 Å². The van der Waals surface area contributed by atoms with Crippen LogP contribution in [0.2, 0.25) is 0 Å². The number of piperazine rings is 1. The summed E-state index contributed by atoms with van der Waals surface area (Å²) >= 11 is 1.38. The van der Waals surface area contributed by atoms with Crippen LogP contribution in [0.15, 0.2) is 52.8 Å². The summed E-state index contributed by atoms with van der Waals surface area (Å²) in [6.07, 6.45) is 4.73. The fourth-order valence-electron chi connectivity index (χ4n) is 5.44. The van der Waals surface area contributed by atoms with Crippen molar-refractivity contribution in [3.63, 3.8) is 0 Å². The van der Waals surface area contributed by atoms with Crippen LogP contribution in [-0.4, -0.2) is 62.3 Å². The molecule has 43 heavy (non-hydrogen) atoms. The first kappa shape index (κ1) is 30.3. The highest BCUT2D eigenvalue weighted by molar-refractivity contribution is 7.98. The maximum absolute atomic E-state index is 15.9. The fourth-order valence-corrected chi connectivity index (χ4v) is 6.03. The summed E-state index contributed by atoms with van der Waals surface area (Å²) in [7, 11) is 0. The minimum absolute atomic E-state index is 0.0197. The van der Waals surface area contributed by atoms with E-state index in [1.807, 2.05) is 31.9 Å². The Balaban J connectivity index is 1.86. The molecule has 0 saturated carbocycles. The van der Waals surface area contributed by atoms with E-state index >= 15 is 13.2 Å². The van der Waals surface area contributed by atoms with Crippen LogP contribution in [0, 0.1) is 24.4 Å². The van der Waals surface area contributed by atoms with Crippen molar-refractivity contribution < 1.29 is 18.0 Å². The predicted octanol–water partition coefficient (Wildman–Crippen LogP) is 5.64. The molecule has 1 saturated heterocycles. The zero-order chi connectivity index (χ0) is 31.2. The van der Waals surface area contributed by atoms with E-state index in [0.29, 0.717) is 35.9 Å². The molecule has 224 valence electrons. The lowest BCUT2D eigenvalue weighted by Crippen LogP contribution is -2.54. The number of anilines is 1. The molecule has 0 N–H and O–H groups in total. The molecule has 0 radical (unpaired) electrons. The number of carbonyl (C=O) groups excluding carboxylic acids is 1. The monoisotopic (exact) mass is 608 g/mol. The zero-order valence-electron chi connectivity index (χ0n) is 24.5. The molecule has 0 aliphatic carbocycles. The molecule has 1 aliphatic rings. The Morgan fingerprint density at radius 1 is 1.14 bits per heavy atom. The second-order valence-corrected chi connectivity index (χ2v) is 11.6. The van der Waals surface area contributed by atoms with Crippen LogP contribution in [0.25, 0.3) is 28.0 Å². The largest absolute Gasteiger partial charge is 0.355 e. The van der Waals surface area contributed by atoms with E-state index in [2.05, 4.69) is 21.5 Å². The summed E-state index contributed by atoms with van der Waals surface area (Å²) in [6, 6.07) is 4.89. The fraction of sp³-hybridized carbons (Fsp3) is 0.323. The molecule has 1 aliphatic heterocycles. The van der Waals surface area contributed by atoms with E-state index < -0.39 is 34.4 Å². The van der Waals surface area contributed by atoms with Gasteiger partial charge in [-0.3, -0.25) is 9.78 Å². The molecule has 0 spiro atoms. The molecule has 3 aromatic heterocycles. The van der Waals surface area contributed by atoms with Crippen LogP contribution in [0.5, 0.6) is 0 Å². The molecule has 4 heterocycles. The van der Waals surface area contributed by atoms with Gasteiger partial charge in [0, 0.05) is 36.8 Å². The number of carbonyl (C=O) groups is 1. The number of aryl methyl sites for hydroxylation is 1. The molecule has 8 nitrogen and oxygen atoms in total. The van der Waals surface area contributed by atoms with Gasteiger partial charge in [-0.15, -0.1) is 11.8 Å². The van der Waals surface area contributed by atoms with Gasteiger partial charge in [0.1, 0.15) is 23.1 Å². The molecule has 0 bridgehead atoms. The normalized spacial score (nSPS) is 15.4. The number of hydrogen-bond acceptors (Lipinski definition) is 7. The minimum atomic E-state index is -0.984. The average Bonchev–Trinajstić information content (AvgIpc) is 2.98. The van der Waals surface area contributed by atoms with E-state index in [1.54, 1.807) is 17.2 Å². The number of rotatable bonds is 6. The van der Waals surface area contributed by atoms with Gasteiger partial charge in [0.05, 0.1) is 22.3 Å². The second kappa shape index (κ2) is 11.8. The van der Waals surface area contributed by atoms with Crippen LogP contribution in [0.3, 0.4) is 0 Å². The van der Waals surface area contributed by atoms with Crippen molar-refractivity contribution in [2.75, 3.05) is 30.8 Å². The van der Waals surface area contributed by atoms with Crippen LogP contribution in [0.1, 0.15) is 37.9 Å². The van der Waals surface area contributed by atoms with Crippen LogP contribution >= 0.6 is 11.8 Å². The third kappa shape index (κ3) is 5.28. The molecule has 4 aromatic rings. The van der Waals surface area contributed by atoms with E-state index in [1.165, 1.54) is 35.4 Å². The first-order valence-electron chi connectivity index (χ1n) is 13.8. The molecule has 1 fully saturated rings. The molecule has 1 amide bonds. The number of nitrogens with zero attached hydrogens (tertiary/aromatic N) is 6. The molecule has 5 rings (SSSR count). The first-order chi connectivity index (χ1) is 20.5. The Labute approximate surface area is 251 Å². The van der Waals surface area contributed by atoms with Gasteiger partial charge >= 0.3 is 5.69 Å². The maximum Gasteiger partial charge on any atom is 0.355 e. The van der Waals surface area contributed by atoms with E-state index in [-0.39, 0.29) is 40.3 Å². The van der Waals surface area contributed by atoms with Gasteiger partial charge in [0.2, 0.25) is 5.91 Å². The van der Waals surface area contributed by atoms with Crippen molar-refractivity contribution in [1.82, 2.24) is 24.4 Å². The summed E-state index contributed by atoms with van der Waals surface area (Å²) in [4.78, 5) is 43.9. The Bertz CT molecular complexity index is 1830.